The first kappa shape index (κ1) is 31.3. The fourth-order valence-corrected chi connectivity index (χ4v) is 4.55. The van der Waals surface area contributed by atoms with Crippen molar-refractivity contribution >= 4 is 34.6 Å². The molecule has 14 heteroatoms. The number of fused-ring (bicyclic) bond motifs is 1. The predicted octanol–water partition coefficient (Wildman–Crippen LogP) is -0.276. The zero-order chi connectivity index (χ0) is 31.8. The van der Waals surface area contributed by atoms with E-state index in [0.717, 1.165) is 23.2 Å². The summed E-state index contributed by atoms with van der Waals surface area (Å²) < 4.78 is 1.36. The monoisotopic (exact) mass is 604 g/mol. The first-order chi connectivity index (χ1) is 21.0. The van der Waals surface area contributed by atoms with Crippen molar-refractivity contribution in [2.24, 2.45) is 5.73 Å². The fraction of sp³-hybridized carbons (Fsp3) is 0.233. The van der Waals surface area contributed by atoms with Crippen molar-refractivity contribution in [2.75, 3.05) is 6.54 Å². The van der Waals surface area contributed by atoms with Gasteiger partial charge in [0.2, 0.25) is 23.2 Å². The molecule has 0 aliphatic heterocycles. The Bertz CT molecular complexity index is 1710. The van der Waals surface area contributed by atoms with Crippen LogP contribution < -0.4 is 27.1 Å². The number of benzene rings is 2. The number of aliphatic carboxylic acids is 1. The summed E-state index contributed by atoms with van der Waals surface area (Å²) in [5, 5.41) is 36.9. The van der Waals surface area contributed by atoms with Crippen molar-refractivity contribution in [1.29, 1.82) is 0 Å². The average molecular weight is 605 g/mol. The van der Waals surface area contributed by atoms with Crippen LogP contribution in [0.25, 0.3) is 10.9 Å². The van der Waals surface area contributed by atoms with Crippen LogP contribution in [-0.2, 0) is 38.6 Å². The highest BCUT2D eigenvalue weighted by Gasteiger charge is 2.27. The topological polar surface area (TPSA) is 229 Å². The SMILES string of the molecule is N[C@@H](Cn1ccc(=O)c(O)c1)C(=O)N[C@@H](Cc1c[nH]c2ccccc12)C(=O)NCC(=O)N[C@@H](Cc1ccc(O)cc1)C(=O)O. The van der Waals surface area contributed by atoms with Gasteiger partial charge in [0.15, 0.2) is 5.75 Å². The molecule has 0 aliphatic rings. The summed E-state index contributed by atoms with van der Waals surface area (Å²) in [7, 11) is 0. The van der Waals surface area contributed by atoms with Crippen LogP contribution in [0.5, 0.6) is 11.5 Å². The predicted molar refractivity (Wildman–Crippen MR) is 159 cm³/mol. The van der Waals surface area contributed by atoms with Crippen LogP contribution >= 0.6 is 0 Å². The lowest BCUT2D eigenvalue weighted by Gasteiger charge is -2.21. The van der Waals surface area contributed by atoms with Gasteiger partial charge in [0, 0.05) is 54.9 Å². The molecule has 0 spiro atoms. The van der Waals surface area contributed by atoms with Gasteiger partial charge in [0.05, 0.1) is 6.54 Å². The van der Waals surface area contributed by atoms with Crippen LogP contribution in [0, 0.1) is 0 Å². The van der Waals surface area contributed by atoms with Gasteiger partial charge < -0.3 is 46.6 Å². The maximum absolute atomic E-state index is 13.3. The van der Waals surface area contributed by atoms with Crippen molar-refractivity contribution in [1.82, 2.24) is 25.5 Å². The molecule has 14 nitrogen and oxygen atoms in total. The normalized spacial score (nSPS) is 13.0. The minimum atomic E-state index is -1.30. The molecule has 0 bridgehead atoms. The van der Waals surface area contributed by atoms with Gasteiger partial charge in [-0.25, -0.2) is 4.79 Å². The van der Waals surface area contributed by atoms with Crippen LogP contribution in [-0.4, -0.2) is 73.2 Å². The summed E-state index contributed by atoms with van der Waals surface area (Å²) in [4.78, 5) is 65.2. The highest BCUT2D eigenvalue weighted by atomic mass is 16.4. The molecule has 44 heavy (non-hydrogen) atoms. The molecule has 0 saturated heterocycles. The number of nitrogens with two attached hydrogens (primary N) is 1. The van der Waals surface area contributed by atoms with Gasteiger partial charge in [-0.2, -0.15) is 0 Å². The number of phenolic OH excluding ortho intramolecular Hbond substituents is 1. The van der Waals surface area contributed by atoms with Crippen molar-refractivity contribution in [3.05, 3.63) is 94.5 Å². The van der Waals surface area contributed by atoms with E-state index in [-0.39, 0.29) is 25.1 Å². The molecule has 230 valence electrons. The molecule has 0 aliphatic carbocycles. The zero-order valence-corrected chi connectivity index (χ0v) is 23.4. The quantitative estimate of drug-likeness (QED) is 0.100. The zero-order valence-electron chi connectivity index (χ0n) is 23.4. The Kier molecular flexibility index (Phi) is 9.98. The Labute approximate surface area is 250 Å². The van der Waals surface area contributed by atoms with E-state index in [4.69, 9.17) is 5.73 Å². The van der Waals surface area contributed by atoms with Crippen LogP contribution in [0.2, 0.25) is 0 Å². The van der Waals surface area contributed by atoms with Gasteiger partial charge in [-0.05, 0) is 29.3 Å². The Balaban J connectivity index is 1.43. The number of hydrogen-bond acceptors (Lipinski definition) is 8. The number of phenols is 1. The number of H-pyrrole nitrogens is 1. The largest absolute Gasteiger partial charge is 0.508 e. The van der Waals surface area contributed by atoms with E-state index < -0.39 is 59.5 Å². The molecule has 0 radical (unpaired) electrons. The third-order valence-corrected chi connectivity index (χ3v) is 6.87. The number of hydrogen-bond donors (Lipinski definition) is 8. The Morgan fingerprint density at radius 2 is 1.64 bits per heavy atom. The van der Waals surface area contributed by atoms with Gasteiger partial charge in [-0.3, -0.25) is 19.2 Å². The number of rotatable bonds is 13. The summed E-state index contributed by atoms with van der Waals surface area (Å²) in [5.74, 6) is -3.96. The second-order valence-corrected chi connectivity index (χ2v) is 10.2. The van der Waals surface area contributed by atoms with Gasteiger partial charge in [-0.15, -0.1) is 0 Å². The van der Waals surface area contributed by atoms with Crippen LogP contribution in [0.1, 0.15) is 11.1 Å². The average Bonchev–Trinajstić information content (AvgIpc) is 3.40. The molecule has 3 amide bonds. The van der Waals surface area contributed by atoms with E-state index in [0.29, 0.717) is 11.1 Å². The summed E-state index contributed by atoms with van der Waals surface area (Å²) in [5.41, 5.74) is 7.57. The molecule has 2 heterocycles. The number of aromatic amines is 1. The maximum Gasteiger partial charge on any atom is 0.326 e. The minimum absolute atomic E-state index is 0.0126. The number of nitrogens with zero attached hydrogens (tertiary/aromatic N) is 1. The standard InChI is InChI=1S/C30H32N6O8/c31-21(15-36-10-9-25(38)26(39)16-36)28(41)35-23(12-18-13-32-22-4-2-1-3-20(18)22)29(42)33-14-27(40)34-24(30(43)44)11-17-5-7-19(37)8-6-17/h1-10,13,16,21,23-24,32,37,39H,11-12,14-15,31H2,(H,33,42)(H,34,40)(H,35,41)(H,43,44)/t21-,23-,24-/m0/s1. The Morgan fingerprint density at radius 3 is 2.34 bits per heavy atom. The number of carboxylic acids is 1. The molecule has 9 N–H and O–H groups in total. The Morgan fingerprint density at radius 1 is 0.909 bits per heavy atom. The number of carbonyl (C=O) groups is 4. The molecular weight excluding hydrogens is 572 g/mol. The summed E-state index contributed by atoms with van der Waals surface area (Å²) in [6.07, 6.45) is 4.17. The molecule has 2 aromatic carbocycles. The molecule has 3 atom stereocenters. The highest BCUT2D eigenvalue weighted by molar-refractivity contribution is 5.93. The summed E-state index contributed by atoms with van der Waals surface area (Å²) in [6.45, 7) is -0.678. The number of amides is 3. The fourth-order valence-electron chi connectivity index (χ4n) is 4.55. The van der Waals surface area contributed by atoms with Crippen molar-refractivity contribution in [3.8, 4) is 11.5 Å². The number of carboxylic acid groups (broad SMARTS) is 1. The highest BCUT2D eigenvalue weighted by Crippen LogP contribution is 2.19. The van der Waals surface area contributed by atoms with Crippen LogP contribution in [0.15, 0.2) is 78.0 Å². The van der Waals surface area contributed by atoms with Gasteiger partial charge in [0.1, 0.15) is 23.9 Å². The lowest BCUT2D eigenvalue weighted by atomic mass is 10.0. The summed E-state index contributed by atoms with van der Waals surface area (Å²) >= 11 is 0. The van der Waals surface area contributed by atoms with Crippen molar-refractivity contribution < 1.29 is 34.5 Å². The lowest BCUT2D eigenvalue weighted by Crippen LogP contribution is -2.55. The second-order valence-electron chi connectivity index (χ2n) is 10.2. The third kappa shape index (κ3) is 8.23. The summed E-state index contributed by atoms with van der Waals surface area (Å²) in [6, 6.07) is 10.7. The minimum Gasteiger partial charge on any atom is -0.508 e. The lowest BCUT2D eigenvalue weighted by molar-refractivity contribution is -0.141. The van der Waals surface area contributed by atoms with Gasteiger partial charge >= 0.3 is 5.97 Å². The molecule has 0 fully saturated rings. The second kappa shape index (κ2) is 14.0. The first-order valence-corrected chi connectivity index (χ1v) is 13.6. The smallest absolute Gasteiger partial charge is 0.326 e. The third-order valence-electron chi connectivity index (χ3n) is 6.87. The molecule has 4 rings (SSSR count). The van der Waals surface area contributed by atoms with E-state index >= 15 is 0 Å². The number of aromatic hydroxyl groups is 2. The number of carbonyl (C=O) groups excluding carboxylic acids is 3. The molecule has 4 aromatic rings. The number of pyridine rings is 1. The van der Waals surface area contributed by atoms with Gasteiger partial charge in [-0.1, -0.05) is 30.3 Å². The first-order valence-electron chi connectivity index (χ1n) is 13.6. The van der Waals surface area contributed by atoms with E-state index in [1.54, 1.807) is 6.20 Å². The number of nitrogens with one attached hydrogen (secondary N) is 4. The number of para-hydroxylation sites is 1. The van der Waals surface area contributed by atoms with Gasteiger partial charge in [0.25, 0.3) is 0 Å². The maximum atomic E-state index is 13.3. The van der Waals surface area contributed by atoms with E-state index in [1.165, 1.54) is 35.0 Å². The number of aromatic nitrogens is 2. The van der Waals surface area contributed by atoms with E-state index in [2.05, 4.69) is 20.9 Å². The van der Waals surface area contributed by atoms with Crippen LogP contribution in [0.4, 0.5) is 0 Å². The van der Waals surface area contributed by atoms with E-state index in [1.807, 2.05) is 24.3 Å². The molecule has 2 aromatic heterocycles. The molecular formula is C30H32N6O8. The van der Waals surface area contributed by atoms with Crippen molar-refractivity contribution in [2.45, 2.75) is 37.5 Å². The van der Waals surface area contributed by atoms with E-state index in [9.17, 15) is 39.3 Å². The molecule has 0 unspecified atom stereocenters. The Hall–Kier alpha value is -5.63. The van der Waals surface area contributed by atoms with Crippen molar-refractivity contribution in [3.63, 3.8) is 0 Å². The van der Waals surface area contributed by atoms with Crippen LogP contribution in [0.3, 0.4) is 0 Å². The molecule has 0 saturated carbocycles.